The van der Waals surface area contributed by atoms with E-state index in [1.807, 2.05) is 0 Å². The Morgan fingerprint density at radius 2 is 1.72 bits per heavy atom. The Hall–Kier alpha value is -3.38. The minimum atomic E-state index is -4.53. The van der Waals surface area contributed by atoms with Gasteiger partial charge in [0.25, 0.3) is 5.91 Å². The third kappa shape index (κ3) is 6.62. The monoisotopic (exact) mass is 564 g/mol. The van der Waals surface area contributed by atoms with E-state index < -0.39 is 17.8 Å². The van der Waals surface area contributed by atoms with Crippen LogP contribution in [0.3, 0.4) is 0 Å². The van der Waals surface area contributed by atoms with Crippen LogP contribution in [0.4, 0.5) is 18.0 Å². The summed E-state index contributed by atoms with van der Waals surface area (Å²) in [5.41, 5.74) is 1.22. The molecule has 0 spiro atoms. The fraction of sp³-hybridized carbons (Fsp3) is 0.462. The van der Waals surface area contributed by atoms with Crippen molar-refractivity contribution in [2.24, 2.45) is 0 Å². The summed E-state index contributed by atoms with van der Waals surface area (Å²) >= 11 is 5.80. The molecule has 13 heteroatoms. The summed E-state index contributed by atoms with van der Waals surface area (Å²) in [6, 6.07) is 8.83. The molecular weight excluding hydrogens is 537 g/mol. The number of aromatic nitrogens is 3. The number of ether oxygens (including phenoxy) is 1. The summed E-state index contributed by atoms with van der Waals surface area (Å²) in [7, 11) is 0. The highest BCUT2D eigenvalue weighted by Gasteiger charge is 2.32. The van der Waals surface area contributed by atoms with Crippen LogP contribution in [-0.4, -0.2) is 75.5 Å². The van der Waals surface area contributed by atoms with Gasteiger partial charge in [0.15, 0.2) is 0 Å². The van der Waals surface area contributed by atoms with E-state index in [0.717, 1.165) is 37.8 Å². The molecule has 9 nitrogen and oxygen atoms in total. The van der Waals surface area contributed by atoms with E-state index >= 15 is 0 Å². The van der Waals surface area contributed by atoms with Gasteiger partial charge in [-0.3, -0.25) is 9.69 Å². The second kappa shape index (κ2) is 11.4. The first-order valence-electron chi connectivity index (χ1n) is 12.8. The Bertz CT molecular complexity index is 1330. The van der Waals surface area contributed by atoms with Gasteiger partial charge >= 0.3 is 12.3 Å². The first kappa shape index (κ1) is 27.2. The summed E-state index contributed by atoms with van der Waals surface area (Å²) in [6.45, 7) is 2.03. The standard InChI is InChI=1S/C26H28ClF3N6O3/c27-19-12-16(11-18(14-19)26(28,29)30)15-39-25(38)36-9-7-35(8-10-36)21-4-2-20(3-5-21)31-24(37)17-1-6-22-23(13-17)33-34-32-22/h1,6,11-14,20-21H,2-5,7-10,15H2,(H,31,37)(H,32,33,34). The molecule has 1 aromatic heterocycles. The summed E-state index contributed by atoms with van der Waals surface area (Å²) in [5, 5.41) is 13.6. The molecule has 208 valence electrons. The van der Waals surface area contributed by atoms with Gasteiger partial charge in [-0.15, -0.1) is 0 Å². The predicted octanol–water partition coefficient (Wildman–Crippen LogP) is 4.63. The molecule has 3 aromatic rings. The van der Waals surface area contributed by atoms with Crippen molar-refractivity contribution in [3.63, 3.8) is 0 Å². The first-order chi connectivity index (χ1) is 18.7. The van der Waals surface area contributed by atoms with Crippen LogP contribution in [0.1, 0.15) is 47.2 Å². The quantitative estimate of drug-likeness (QED) is 0.468. The molecule has 1 saturated carbocycles. The molecule has 2 aromatic carbocycles. The molecule has 1 aliphatic heterocycles. The van der Waals surface area contributed by atoms with Crippen LogP contribution in [0.25, 0.3) is 11.0 Å². The molecular formula is C26H28ClF3N6O3. The van der Waals surface area contributed by atoms with Crippen LogP contribution in [0.15, 0.2) is 36.4 Å². The maximum absolute atomic E-state index is 13.0. The molecule has 1 saturated heterocycles. The number of benzene rings is 2. The molecule has 2 amide bonds. The summed E-state index contributed by atoms with van der Waals surface area (Å²) < 4.78 is 44.3. The number of hydrogen-bond donors (Lipinski definition) is 2. The van der Waals surface area contributed by atoms with Crippen LogP contribution < -0.4 is 5.32 Å². The first-order valence-corrected chi connectivity index (χ1v) is 13.2. The highest BCUT2D eigenvalue weighted by molar-refractivity contribution is 6.30. The number of hydrogen-bond acceptors (Lipinski definition) is 6. The number of alkyl halides is 3. The maximum Gasteiger partial charge on any atom is 0.416 e. The molecule has 1 aliphatic carbocycles. The van der Waals surface area contributed by atoms with Crippen LogP contribution in [0.2, 0.25) is 5.02 Å². The zero-order valence-corrected chi connectivity index (χ0v) is 21.8. The number of nitrogens with zero attached hydrogens (tertiary/aromatic N) is 4. The number of H-pyrrole nitrogens is 1. The number of carbonyl (C=O) groups excluding carboxylic acids is 2. The topological polar surface area (TPSA) is 103 Å². The molecule has 2 aliphatic rings. The van der Waals surface area contributed by atoms with E-state index in [9.17, 15) is 22.8 Å². The third-order valence-electron chi connectivity index (χ3n) is 7.35. The second-order valence-electron chi connectivity index (χ2n) is 9.93. The Morgan fingerprint density at radius 3 is 2.44 bits per heavy atom. The van der Waals surface area contributed by atoms with Crippen molar-refractivity contribution in [1.82, 2.24) is 30.5 Å². The normalized spacial score (nSPS) is 20.7. The maximum atomic E-state index is 13.0. The average molecular weight is 565 g/mol. The number of amides is 2. The minimum absolute atomic E-state index is 0.0631. The molecule has 0 atom stereocenters. The average Bonchev–Trinajstić information content (AvgIpc) is 3.40. The van der Waals surface area contributed by atoms with E-state index in [0.29, 0.717) is 48.8 Å². The number of rotatable bonds is 5. The predicted molar refractivity (Wildman–Crippen MR) is 137 cm³/mol. The number of halogens is 4. The summed E-state index contributed by atoms with van der Waals surface area (Å²) in [6.07, 6.45) is -1.48. The Balaban J connectivity index is 1.04. The molecule has 5 rings (SSSR count). The Morgan fingerprint density at radius 1 is 1.00 bits per heavy atom. The zero-order valence-electron chi connectivity index (χ0n) is 21.0. The van der Waals surface area contributed by atoms with Crippen molar-refractivity contribution in [3.8, 4) is 0 Å². The van der Waals surface area contributed by atoms with E-state index in [2.05, 4.69) is 25.6 Å². The van der Waals surface area contributed by atoms with Gasteiger partial charge in [-0.25, -0.2) is 4.79 Å². The third-order valence-corrected chi connectivity index (χ3v) is 7.56. The number of aromatic amines is 1. The van der Waals surface area contributed by atoms with Crippen molar-refractivity contribution >= 4 is 34.6 Å². The number of carbonyl (C=O) groups is 2. The lowest BCUT2D eigenvalue weighted by atomic mass is 9.89. The van der Waals surface area contributed by atoms with Crippen molar-refractivity contribution in [2.45, 2.75) is 50.6 Å². The van der Waals surface area contributed by atoms with Gasteiger partial charge in [0.05, 0.1) is 5.56 Å². The van der Waals surface area contributed by atoms with Crippen molar-refractivity contribution in [1.29, 1.82) is 0 Å². The van der Waals surface area contributed by atoms with Crippen LogP contribution in [-0.2, 0) is 17.5 Å². The SMILES string of the molecule is O=C(NC1CCC(N2CCN(C(=O)OCc3cc(Cl)cc(C(F)(F)F)c3)CC2)CC1)c1ccc2n[nH]nc2c1. The van der Waals surface area contributed by atoms with Crippen LogP contribution >= 0.6 is 11.6 Å². The lowest BCUT2D eigenvalue weighted by Crippen LogP contribution is -2.53. The smallest absolute Gasteiger partial charge is 0.416 e. The molecule has 0 bridgehead atoms. The molecule has 39 heavy (non-hydrogen) atoms. The van der Waals surface area contributed by atoms with E-state index in [4.69, 9.17) is 16.3 Å². The molecule has 2 heterocycles. The van der Waals surface area contributed by atoms with Crippen LogP contribution in [0, 0.1) is 0 Å². The fourth-order valence-corrected chi connectivity index (χ4v) is 5.50. The molecule has 2 fully saturated rings. The number of piperazine rings is 1. The molecule has 0 unspecified atom stereocenters. The van der Waals surface area contributed by atoms with Crippen LogP contribution in [0.5, 0.6) is 0 Å². The molecule has 2 N–H and O–H groups in total. The lowest BCUT2D eigenvalue weighted by Gasteiger charge is -2.41. The van der Waals surface area contributed by atoms with Crippen molar-refractivity contribution in [2.75, 3.05) is 26.2 Å². The Labute approximate surface area is 227 Å². The zero-order chi connectivity index (χ0) is 27.6. The minimum Gasteiger partial charge on any atom is -0.445 e. The van der Waals surface area contributed by atoms with E-state index in [1.54, 1.807) is 23.1 Å². The van der Waals surface area contributed by atoms with Gasteiger partial charge in [-0.2, -0.15) is 28.6 Å². The number of nitrogens with one attached hydrogen (secondary N) is 2. The highest BCUT2D eigenvalue weighted by atomic mass is 35.5. The van der Waals surface area contributed by atoms with Crippen molar-refractivity contribution < 1.29 is 27.5 Å². The van der Waals surface area contributed by atoms with E-state index in [-0.39, 0.29) is 29.1 Å². The second-order valence-corrected chi connectivity index (χ2v) is 10.4. The number of fused-ring (bicyclic) bond motifs is 1. The van der Waals surface area contributed by atoms with Gasteiger partial charge in [-0.1, -0.05) is 11.6 Å². The lowest BCUT2D eigenvalue weighted by molar-refractivity contribution is -0.137. The van der Waals surface area contributed by atoms with Gasteiger partial charge in [-0.05, 0) is 67.6 Å². The van der Waals surface area contributed by atoms with Gasteiger partial charge < -0.3 is 15.0 Å². The van der Waals surface area contributed by atoms with Gasteiger partial charge in [0.2, 0.25) is 0 Å². The van der Waals surface area contributed by atoms with E-state index in [1.165, 1.54) is 6.07 Å². The Kier molecular flexibility index (Phi) is 7.94. The van der Waals surface area contributed by atoms with Gasteiger partial charge in [0, 0.05) is 48.8 Å². The molecule has 0 radical (unpaired) electrons. The summed E-state index contributed by atoms with van der Waals surface area (Å²) in [5.74, 6) is -0.122. The van der Waals surface area contributed by atoms with Crippen molar-refractivity contribution in [3.05, 3.63) is 58.1 Å². The highest BCUT2D eigenvalue weighted by Crippen LogP contribution is 2.32. The fourth-order valence-electron chi connectivity index (χ4n) is 5.24. The largest absolute Gasteiger partial charge is 0.445 e. The summed E-state index contributed by atoms with van der Waals surface area (Å²) in [4.78, 5) is 29.1. The van der Waals surface area contributed by atoms with Gasteiger partial charge in [0.1, 0.15) is 17.6 Å².